The molecule has 3 nitrogen and oxygen atoms in total. The highest BCUT2D eigenvalue weighted by molar-refractivity contribution is 8.14. The maximum Gasteiger partial charge on any atom is 0.157 e. The molecule has 0 amide bonds. The fourth-order valence-electron chi connectivity index (χ4n) is 3.88. The molecule has 3 fully saturated rings. The van der Waals surface area contributed by atoms with Crippen molar-refractivity contribution in [2.24, 2.45) is 16.8 Å². The summed E-state index contributed by atoms with van der Waals surface area (Å²) in [7, 11) is 2.22. The Labute approximate surface area is 121 Å². The molecule has 3 rings (SSSR count). The van der Waals surface area contributed by atoms with Crippen LogP contribution in [-0.2, 0) is 0 Å². The molecule has 3 unspecified atom stereocenters. The van der Waals surface area contributed by atoms with Crippen LogP contribution in [0.25, 0.3) is 0 Å². The molecule has 2 heterocycles. The van der Waals surface area contributed by atoms with E-state index in [1.807, 2.05) is 11.8 Å². The third kappa shape index (κ3) is 3.27. The van der Waals surface area contributed by atoms with Crippen LogP contribution >= 0.6 is 11.8 Å². The maximum atomic E-state index is 4.86. The molecular weight excluding hydrogens is 254 g/mol. The smallest absolute Gasteiger partial charge is 0.157 e. The van der Waals surface area contributed by atoms with Gasteiger partial charge in [0.15, 0.2) is 5.17 Å². The Kier molecular flexibility index (Phi) is 4.08. The summed E-state index contributed by atoms with van der Waals surface area (Å²) in [4.78, 5) is 7.28. The van der Waals surface area contributed by atoms with E-state index in [2.05, 4.69) is 24.2 Å². The van der Waals surface area contributed by atoms with Crippen molar-refractivity contribution in [3.8, 4) is 0 Å². The van der Waals surface area contributed by atoms with Crippen LogP contribution in [0.4, 0.5) is 0 Å². The van der Waals surface area contributed by atoms with Gasteiger partial charge in [0.2, 0.25) is 0 Å². The number of thioether (sulfide) groups is 1. The molecule has 2 aliphatic heterocycles. The first-order valence-corrected chi connectivity index (χ1v) is 8.78. The summed E-state index contributed by atoms with van der Waals surface area (Å²) in [5, 5.41) is 5.00. The lowest BCUT2D eigenvalue weighted by atomic mass is 9.78. The Bertz CT molecular complexity index is 357. The predicted octanol–water partition coefficient (Wildman–Crippen LogP) is 2.58. The Morgan fingerprint density at radius 1 is 1.47 bits per heavy atom. The second kappa shape index (κ2) is 5.65. The van der Waals surface area contributed by atoms with E-state index in [4.69, 9.17) is 4.99 Å². The van der Waals surface area contributed by atoms with Gasteiger partial charge in [0.05, 0.1) is 0 Å². The van der Waals surface area contributed by atoms with Crippen molar-refractivity contribution in [2.45, 2.75) is 44.6 Å². The fourth-order valence-corrected chi connectivity index (χ4v) is 5.08. The summed E-state index contributed by atoms with van der Waals surface area (Å²) in [6.07, 6.45) is 6.80. The van der Waals surface area contributed by atoms with Crippen LogP contribution in [0.15, 0.2) is 4.99 Å². The number of nitrogens with one attached hydrogen (secondary N) is 1. The summed E-state index contributed by atoms with van der Waals surface area (Å²) in [6.45, 7) is 5.89. The number of hydrogen-bond acceptors (Lipinski definition) is 3. The molecule has 0 aromatic heterocycles. The minimum Gasteiger partial charge on any atom is -0.359 e. The van der Waals surface area contributed by atoms with Gasteiger partial charge in [-0.2, -0.15) is 0 Å². The van der Waals surface area contributed by atoms with Crippen LogP contribution in [0.3, 0.4) is 0 Å². The van der Waals surface area contributed by atoms with Gasteiger partial charge in [-0.25, -0.2) is 0 Å². The maximum absolute atomic E-state index is 4.86. The van der Waals surface area contributed by atoms with Crippen molar-refractivity contribution in [2.75, 3.05) is 32.4 Å². The van der Waals surface area contributed by atoms with E-state index < -0.39 is 0 Å². The molecule has 4 heteroatoms. The fraction of sp³-hybridized carbons (Fsp3) is 0.933. The second-order valence-electron chi connectivity index (χ2n) is 6.96. The Morgan fingerprint density at radius 2 is 2.37 bits per heavy atom. The van der Waals surface area contributed by atoms with Crippen LogP contribution in [0.5, 0.6) is 0 Å². The average Bonchev–Trinajstić information content (AvgIpc) is 2.94. The Morgan fingerprint density at radius 3 is 3.11 bits per heavy atom. The van der Waals surface area contributed by atoms with Crippen molar-refractivity contribution in [3.63, 3.8) is 0 Å². The monoisotopic (exact) mass is 281 g/mol. The van der Waals surface area contributed by atoms with Gasteiger partial charge in [-0.15, -0.1) is 0 Å². The second-order valence-corrected chi connectivity index (χ2v) is 7.92. The van der Waals surface area contributed by atoms with E-state index >= 15 is 0 Å². The number of rotatable bonds is 2. The molecule has 1 saturated carbocycles. The Hall–Kier alpha value is -0.220. The zero-order chi connectivity index (χ0) is 13.3. The molecule has 1 N–H and O–H groups in total. The molecular formula is C15H27N3S. The first-order valence-electron chi connectivity index (χ1n) is 7.79. The van der Waals surface area contributed by atoms with Gasteiger partial charge < -0.3 is 10.2 Å². The molecule has 1 aliphatic carbocycles. The lowest BCUT2D eigenvalue weighted by molar-refractivity contribution is 0.242. The largest absolute Gasteiger partial charge is 0.359 e. The van der Waals surface area contributed by atoms with Crippen LogP contribution in [-0.4, -0.2) is 48.0 Å². The third-order valence-corrected chi connectivity index (χ3v) is 6.13. The summed E-state index contributed by atoms with van der Waals surface area (Å²) >= 11 is 1.96. The van der Waals surface area contributed by atoms with E-state index in [1.165, 1.54) is 56.1 Å². The zero-order valence-electron chi connectivity index (χ0n) is 12.3. The van der Waals surface area contributed by atoms with Crippen LogP contribution in [0, 0.1) is 11.8 Å². The first-order chi connectivity index (χ1) is 9.15. The highest BCUT2D eigenvalue weighted by atomic mass is 32.2. The van der Waals surface area contributed by atoms with E-state index in [-0.39, 0.29) is 0 Å². The summed E-state index contributed by atoms with van der Waals surface area (Å²) in [5.41, 5.74) is 0.383. The van der Waals surface area contributed by atoms with Crippen molar-refractivity contribution in [1.82, 2.24) is 10.2 Å². The van der Waals surface area contributed by atoms with E-state index in [1.54, 1.807) is 0 Å². The van der Waals surface area contributed by atoms with Gasteiger partial charge in [0.1, 0.15) is 0 Å². The van der Waals surface area contributed by atoms with Gasteiger partial charge >= 0.3 is 0 Å². The minimum absolute atomic E-state index is 0.383. The number of hydrogen-bond donors (Lipinski definition) is 1. The van der Waals surface area contributed by atoms with Crippen LogP contribution in [0.1, 0.15) is 39.0 Å². The molecule has 1 spiro atoms. The third-order valence-electron chi connectivity index (χ3n) is 4.93. The average molecular weight is 281 g/mol. The van der Waals surface area contributed by atoms with Crippen molar-refractivity contribution in [1.29, 1.82) is 0 Å². The van der Waals surface area contributed by atoms with E-state index in [0.717, 1.165) is 18.4 Å². The first kappa shape index (κ1) is 13.7. The van der Waals surface area contributed by atoms with Crippen LogP contribution in [0.2, 0.25) is 0 Å². The molecule has 3 atom stereocenters. The number of nitrogens with zero attached hydrogens (tertiary/aromatic N) is 2. The van der Waals surface area contributed by atoms with Crippen molar-refractivity contribution < 1.29 is 0 Å². The summed E-state index contributed by atoms with van der Waals surface area (Å²) in [6, 6.07) is 0. The summed E-state index contributed by atoms with van der Waals surface area (Å²) < 4.78 is 0. The number of amidine groups is 1. The quantitative estimate of drug-likeness (QED) is 0.843. The predicted molar refractivity (Wildman–Crippen MR) is 83.9 cm³/mol. The van der Waals surface area contributed by atoms with E-state index in [9.17, 15) is 0 Å². The topological polar surface area (TPSA) is 27.6 Å². The van der Waals surface area contributed by atoms with Crippen molar-refractivity contribution in [3.05, 3.63) is 0 Å². The van der Waals surface area contributed by atoms with Gasteiger partial charge in [0, 0.05) is 24.4 Å². The highest BCUT2D eigenvalue weighted by Crippen LogP contribution is 2.38. The molecule has 0 aromatic rings. The standard InChI is InChI=1S/C15H27N3S/c1-12-4-3-6-15(8-12)11-19-14(17-15)16-9-13-5-7-18(2)10-13/h12-13H,3-11H2,1-2H3,(H,16,17). The van der Waals surface area contributed by atoms with Gasteiger partial charge in [-0.05, 0) is 44.7 Å². The zero-order valence-corrected chi connectivity index (χ0v) is 13.1. The van der Waals surface area contributed by atoms with Gasteiger partial charge in [-0.1, -0.05) is 31.5 Å². The lowest BCUT2D eigenvalue weighted by Crippen LogP contribution is -2.47. The molecule has 0 radical (unpaired) electrons. The molecule has 0 aromatic carbocycles. The highest BCUT2D eigenvalue weighted by Gasteiger charge is 2.40. The summed E-state index contributed by atoms with van der Waals surface area (Å²) in [5.74, 6) is 2.90. The molecule has 19 heavy (non-hydrogen) atoms. The van der Waals surface area contributed by atoms with Crippen LogP contribution < -0.4 is 5.32 Å². The molecule has 2 saturated heterocycles. The van der Waals surface area contributed by atoms with E-state index in [0.29, 0.717) is 5.54 Å². The van der Waals surface area contributed by atoms with Crippen molar-refractivity contribution >= 4 is 16.9 Å². The molecule has 108 valence electrons. The lowest BCUT2D eigenvalue weighted by Gasteiger charge is -2.36. The van der Waals surface area contributed by atoms with Gasteiger partial charge in [0.25, 0.3) is 0 Å². The molecule has 0 bridgehead atoms. The number of likely N-dealkylation sites (tertiary alicyclic amines) is 1. The molecule has 3 aliphatic rings. The normalized spacial score (nSPS) is 42.1. The SMILES string of the molecule is CC1CCCC2(CSC(=NCC3CCN(C)C3)N2)C1. The van der Waals surface area contributed by atoms with Gasteiger partial charge in [-0.3, -0.25) is 4.99 Å². The Balaban J connectivity index is 1.53. The number of aliphatic imine (C=N–C) groups is 1. The minimum atomic E-state index is 0.383.